The second-order valence-corrected chi connectivity index (χ2v) is 5.46. The molecular weight excluding hydrogens is 286 g/mol. The summed E-state index contributed by atoms with van der Waals surface area (Å²) >= 11 is 1.24. The van der Waals surface area contributed by atoms with Crippen molar-refractivity contribution >= 4 is 17.5 Å². The number of aromatic amines is 1. The molecule has 3 rings (SSSR count). The van der Waals surface area contributed by atoms with Gasteiger partial charge in [-0.1, -0.05) is 29.5 Å². The maximum absolute atomic E-state index is 11.9. The van der Waals surface area contributed by atoms with Crippen LogP contribution < -0.4 is 0 Å². The molecule has 0 unspecified atom stereocenters. The number of Topliss-reactive ketones (excluding diaryl/α,β-unsaturated/α-hetero) is 1. The summed E-state index contributed by atoms with van der Waals surface area (Å²) in [5, 5.41) is 8.35. The van der Waals surface area contributed by atoms with E-state index in [1.807, 2.05) is 31.2 Å². The summed E-state index contributed by atoms with van der Waals surface area (Å²) in [4.78, 5) is 14.7. The van der Waals surface area contributed by atoms with Gasteiger partial charge in [0.05, 0.1) is 11.4 Å². The summed E-state index contributed by atoms with van der Waals surface area (Å²) < 4.78 is 5.56. The number of aryl methyl sites for hydroxylation is 1. The Labute approximate surface area is 125 Å². The van der Waals surface area contributed by atoms with Gasteiger partial charge in [-0.3, -0.25) is 4.79 Å². The van der Waals surface area contributed by atoms with Crippen LogP contribution in [0, 0.1) is 6.92 Å². The number of aromatic nitrogens is 3. The van der Waals surface area contributed by atoms with E-state index in [-0.39, 0.29) is 11.5 Å². The van der Waals surface area contributed by atoms with E-state index in [9.17, 15) is 4.79 Å². The van der Waals surface area contributed by atoms with Crippen LogP contribution in [0.4, 0.5) is 0 Å². The molecule has 0 spiro atoms. The second-order valence-electron chi connectivity index (χ2n) is 4.53. The molecule has 2 heterocycles. The number of carbonyl (C=O) groups excluding carboxylic acids is 1. The molecule has 0 bridgehead atoms. The van der Waals surface area contributed by atoms with E-state index in [0.717, 1.165) is 5.56 Å². The molecule has 1 aromatic carbocycles. The molecule has 0 saturated carbocycles. The van der Waals surface area contributed by atoms with Gasteiger partial charge in [0.25, 0.3) is 5.22 Å². The number of benzene rings is 1. The van der Waals surface area contributed by atoms with Gasteiger partial charge in [0, 0.05) is 11.8 Å². The first-order chi connectivity index (χ1) is 10.2. The van der Waals surface area contributed by atoms with E-state index in [2.05, 4.69) is 15.2 Å². The van der Waals surface area contributed by atoms with Gasteiger partial charge in [-0.2, -0.15) is 0 Å². The van der Waals surface area contributed by atoms with Crippen LogP contribution in [0.2, 0.25) is 0 Å². The first-order valence-electron chi connectivity index (χ1n) is 6.42. The van der Waals surface area contributed by atoms with Crippen molar-refractivity contribution in [1.29, 1.82) is 0 Å². The molecule has 0 aliphatic rings. The maximum atomic E-state index is 11.9. The average molecular weight is 299 g/mol. The molecule has 0 aliphatic heterocycles. The molecular formula is C15H13N3O2S. The highest BCUT2D eigenvalue weighted by Crippen LogP contribution is 2.23. The summed E-state index contributed by atoms with van der Waals surface area (Å²) in [6.45, 7) is 2.02. The number of H-pyrrole nitrogens is 1. The monoisotopic (exact) mass is 299 g/mol. The quantitative estimate of drug-likeness (QED) is 0.578. The zero-order chi connectivity index (χ0) is 14.7. The highest BCUT2D eigenvalue weighted by Gasteiger charge is 2.12. The minimum absolute atomic E-state index is 0.0000795. The molecule has 0 atom stereocenters. The molecule has 0 aliphatic carbocycles. The Bertz CT molecular complexity index is 733. The molecule has 2 aromatic heterocycles. The minimum Gasteiger partial charge on any atom is -0.411 e. The zero-order valence-corrected chi connectivity index (χ0v) is 12.2. The molecule has 0 saturated heterocycles. The lowest BCUT2D eigenvalue weighted by Gasteiger charge is -1.96. The van der Waals surface area contributed by atoms with Gasteiger partial charge < -0.3 is 9.40 Å². The molecule has 21 heavy (non-hydrogen) atoms. The largest absolute Gasteiger partial charge is 0.411 e. The number of thioether (sulfide) groups is 1. The van der Waals surface area contributed by atoms with Gasteiger partial charge in [-0.25, -0.2) is 0 Å². The van der Waals surface area contributed by atoms with Gasteiger partial charge in [0.1, 0.15) is 0 Å². The maximum Gasteiger partial charge on any atom is 0.277 e. The van der Waals surface area contributed by atoms with Crippen molar-refractivity contribution in [2.45, 2.75) is 12.1 Å². The van der Waals surface area contributed by atoms with Crippen LogP contribution in [-0.4, -0.2) is 26.7 Å². The fraction of sp³-hybridized carbons (Fsp3) is 0.133. The predicted molar refractivity (Wildman–Crippen MR) is 80.3 cm³/mol. The highest BCUT2D eigenvalue weighted by atomic mass is 32.2. The Morgan fingerprint density at radius 3 is 2.76 bits per heavy atom. The van der Waals surface area contributed by atoms with Crippen LogP contribution in [0.15, 0.2) is 52.2 Å². The average Bonchev–Trinajstić information content (AvgIpc) is 3.17. The van der Waals surface area contributed by atoms with Crippen molar-refractivity contribution in [2.24, 2.45) is 0 Å². The van der Waals surface area contributed by atoms with Gasteiger partial charge in [-0.05, 0) is 31.2 Å². The van der Waals surface area contributed by atoms with Crippen molar-refractivity contribution in [3.63, 3.8) is 0 Å². The molecule has 5 nitrogen and oxygen atoms in total. The van der Waals surface area contributed by atoms with Crippen LogP contribution in [-0.2, 0) is 0 Å². The van der Waals surface area contributed by atoms with E-state index in [0.29, 0.717) is 16.8 Å². The van der Waals surface area contributed by atoms with Gasteiger partial charge >= 0.3 is 0 Å². The zero-order valence-electron chi connectivity index (χ0n) is 11.4. The van der Waals surface area contributed by atoms with Crippen LogP contribution in [0.1, 0.15) is 16.1 Å². The Balaban J connectivity index is 1.65. The fourth-order valence-corrected chi connectivity index (χ4v) is 2.44. The van der Waals surface area contributed by atoms with Crippen LogP contribution in [0.3, 0.4) is 0 Å². The van der Waals surface area contributed by atoms with Gasteiger partial charge in [-0.15, -0.1) is 10.2 Å². The third-order valence-electron chi connectivity index (χ3n) is 2.93. The summed E-state index contributed by atoms with van der Waals surface area (Å²) in [6, 6.07) is 11.4. The summed E-state index contributed by atoms with van der Waals surface area (Å²) in [6.07, 6.45) is 1.72. The van der Waals surface area contributed by atoms with Gasteiger partial charge in [0.15, 0.2) is 5.78 Å². The lowest BCUT2D eigenvalue weighted by molar-refractivity contribution is 0.101. The van der Waals surface area contributed by atoms with E-state index < -0.39 is 0 Å². The van der Waals surface area contributed by atoms with Gasteiger partial charge in [0.2, 0.25) is 5.89 Å². The van der Waals surface area contributed by atoms with E-state index in [1.165, 1.54) is 17.3 Å². The van der Waals surface area contributed by atoms with Crippen molar-refractivity contribution in [2.75, 3.05) is 5.75 Å². The van der Waals surface area contributed by atoms with E-state index in [1.54, 1.807) is 18.3 Å². The lowest BCUT2D eigenvalue weighted by atomic mass is 10.1. The Morgan fingerprint density at radius 1 is 1.24 bits per heavy atom. The summed E-state index contributed by atoms with van der Waals surface area (Å²) in [7, 11) is 0. The first-order valence-corrected chi connectivity index (χ1v) is 7.41. The fourth-order valence-electron chi connectivity index (χ4n) is 1.79. The van der Waals surface area contributed by atoms with Crippen LogP contribution >= 0.6 is 11.8 Å². The molecule has 6 heteroatoms. The Kier molecular flexibility index (Phi) is 3.87. The molecule has 0 amide bonds. The minimum atomic E-state index is 0.0000795. The normalized spacial score (nSPS) is 10.7. The predicted octanol–water partition coefficient (Wildman–Crippen LogP) is 3.35. The first kappa shape index (κ1) is 13.6. The van der Waals surface area contributed by atoms with Crippen molar-refractivity contribution in [1.82, 2.24) is 15.2 Å². The molecule has 1 N–H and O–H groups in total. The van der Waals surface area contributed by atoms with Crippen LogP contribution in [0.5, 0.6) is 0 Å². The van der Waals surface area contributed by atoms with Crippen LogP contribution in [0.25, 0.3) is 11.5 Å². The lowest BCUT2D eigenvalue weighted by Crippen LogP contribution is -2.02. The van der Waals surface area contributed by atoms with Crippen molar-refractivity contribution < 1.29 is 9.21 Å². The molecule has 0 fully saturated rings. The van der Waals surface area contributed by atoms with Crippen molar-refractivity contribution in [3.05, 3.63) is 53.9 Å². The Morgan fingerprint density at radius 2 is 2.05 bits per heavy atom. The molecule has 106 valence electrons. The highest BCUT2D eigenvalue weighted by molar-refractivity contribution is 7.99. The number of rotatable bonds is 5. The third-order valence-corrected chi connectivity index (χ3v) is 3.75. The topological polar surface area (TPSA) is 71.8 Å². The number of ketones is 1. The number of nitrogens with zero attached hydrogens (tertiary/aromatic N) is 2. The smallest absolute Gasteiger partial charge is 0.277 e. The number of hydrogen-bond donors (Lipinski definition) is 1. The Hall–Kier alpha value is -2.34. The van der Waals surface area contributed by atoms with E-state index >= 15 is 0 Å². The number of carbonyl (C=O) groups is 1. The third kappa shape index (κ3) is 3.22. The molecule has 0 radical (unpaired) electrons. The van der Waals surface area contributed by atoms with Crippen molar-refractivity contribution in [3.8, 4) is 11.5 Å². The number of hydrogen-bond acceptors (Lipinski definition) is 5. The number of nitrogens with one attached hydrogen (secondary N) is 1. The summed E-state index contributed by atoms with van der Waals surface area (Å²) in [5.41, 5.74) is 2.63. The van der Waals surface area contributed by atoms with E-state index in [4.69, 9.17) is 4.42 Å². The summed E-state index contributed by atoms with van der Waals surface area (Å²) in [5.74, 6) is 0.723. The second kappa shape index (κ2) is 5.97. The molecule has 3 aromatic rings. The standard InChI is InChI=1S/C15H13N3O2S/c1-10-4-6-11(7-5-10)14-17-18-15(20-14)21-9-13(19)12-3-2-8-16-12/h2-8,16H,9H2,1H3. The SMILES string of the molecule is Cc1ccc(-c2nnc(SCC(=O)c3ccc[nH]3)o2)cc1.